The van der Waals surface area contributed by atoms with Crippen LogP contribution in [0.2, 0.25) is 0 Å². The third-order valence-electron chi connectivity index (χ3n) is 3.09. The first-order valence-corrected chi connectivity index (χ1v) is 6.94. The number of carbonyl (C=O) groups is 1. The average Bonchev–Trinajstić information content (AvgIpc) is 2.44. The van der Waals surface area contributed by atoms with E-state index in [0.717, 1.165) is 12.8 Å². The Labute approximate surface area is 119 Å². The van der Waals surface area contributed by atoms with Crippen molar-refractivity contribution in [2.75, 3.05) is 20.2 Å². The Morgan fingerprint density at radius 2 is 2.20 bits per heavy atom. The van der Waals surface area contributed by atoms with Crippen molar-refractivity contribution in [2.24, 2.45) is 0 Å². The molecule has 1 aromatic carbocycles. The first kappa shape index (κ1) is 16.4. The molecule has 112 valence electrons. The number of hydrogen-bond acceptors (Lipinski definition) is 3. The van der Waals surface area contributed by atoms with Crippen molar-refractivity contribution < 1.29 is 13.9 Å². The van der Waals surface area contributed by atoms with Gasteiger partial charge in [0.25, 0.3) is 5.91 Å². The van der Waals surface area contributed by atoms with Crippen LogP contribution in [0.25, 0.3) is 0 Å². The van der Waals surface area contributed by atoms with E-state index in [4.69, 9.17) is 4.74 Å². The van der Waals surface area contributed by atoms with E-state index in [-0.39, 0.29) is 24.4 Å². The van der Waals surface area contributed by atoms with Crippen LogP contribution in [-0.4, -0.2) is 26.1 Å². The van der Waals surface area contributed by atoms with Gasteiger partial charge in [0.2, 0.25) is 0 Å². The summed E-state index contributed by atoms with van der Waals surface area (Å²) in [5.41, 5.74) is 0.576. The molecule has 1 rings (SSSR count). The topological polar surface area (TPSA) is 50.4 Å². The summed E-state index contributed by atoms with van der Waals surface area (Å²) in [6.45, 7) is 4.48. The third-order valence-corrected chi connectivity index (χ3v) is 3.09. The Hall–Kier alpha value is -1.62. The molecule has 5 heteroatoms. The molecular weight excluding hydrogens is 259 g/mol. The molecular formula is C15H23FN2O2. The molecule has 1 unspecified atom stereocenters. The SMILES string of the molecule is CCCCNC(=O)COc1ccc(C(C)NC)c(F)c1. The maximum absolute atomic E-state index is 13.8. The van der Waals surface area contributed by atoms with Gasteiger partial charge in [-0.15, -0.1) is 0 Å². The maximum atomic E-state index is 13.8. The van der Waals surface area contributed by atoms with Gasteiger partial charge in [0.05, 0.1) is 0 Å². The predicted molar refractivity (Wildman–Crippen MR) is 77.3 cm³/mol. The van der Waals surface area contributed by atoms with Crippen LogP contribution in [-0.2, 0) is 4.79 Å². The van der Waals surface area contributed by atoms with Crippen LogP contribution >= 0.6 is 0 Å². The molecule has 0 bridgehead atoms. The van der Waals surface area contributed by atoms with E-state index in [9.17, 15) is 9.18 Å². The zero-order valence-corrected chi connectivity index (χ0v) is 12.3. The molecule has 0 heterocycles. The van der Waals surface area contributed by atoms with Crippen molar-refractivity contribution in [2.45, 2.75) is 32.7 Å². The fraction of sp³-hybridized carbons (Fsp3) is 0.533. The van der Waals surface area contributed by atoms with E-state index in [1.807, 2.05) is 6.92 Å². The largest absolute Gasteiger partial charge is 0.484 e. The number of benzene rings is 1. The lowest BCUT2D eigenvalue weighted by atomic mass is 10.1. The predicted octanol–water partition coefficient (Wildman–Crippen LogP) is 2.40. The van der Waals surface area contributed by atoms with Crippen molar-refractivity contribution in [1.82, 2.24) is 10.6 Å². The molecule has 0 saturated carbocycles. The minimum atomic E-state index is -0.337. The second-order valence-corrected chi connectivity index (χ2v) is 4.69. The van der Waals surface area contributed by atoms with Gasteiger partial charge in [-0.3, -0.25) is 4.79 Å². The molecule has 0 aliphatic heterocycles. The zero-order chi connectivity index (χ0) is 15.0. The van der Waals surface area contributed by atoms with E-state index < -0.39 is 0 Å². The smallest absolute Gasteiger partial charge is 0.257 e. The number of halogens is 1. The van der Waals surface area contributed by atoms with Crippen LogP contribution in [0.4, 0.5) is 4.39 Å². The second kappa shape index (κ2) is 8.53. The summed E-state index contributed by atoms with van der Waals surface area (Å²) in [6, 6.07) is 4.58. The van der Waals surface area contributed by atoms with Gasteiger partial charge in [0.15, 0.2) is 6.61 Å². The quantitative estimate of drug-likeness (QED) is 0.720. The monoisotopic (exact) mass is 282 g/mol. The summed E-state index contributed by atoms with van der Waals surface area (Å²) in [6.07, 6.45) is 1.97. The van der Waals surface area contributed by atoms with E-state index in [0.29, 0.717) is 17.9 Å². The maximum Gasteiger partial charge on any atom is 0.257 e. The molecule has 0 aliphatic rings. The zero-order valence-electron chi connectivity index (χ0n) is 12.3. The van der Waals surface area contributed by atoms with Crippen molar-refractivity contribution in [3.05, 3.63) is 29.6 Å². The highest BCUT2D eigenvalue weighted by molar-refractivity contribution is 5.77. The molecule has 2 N–H and O–H groups in total. The second-order valence-electron chi connectivity index (χ2n) is 4.69. The third kappa shape index (κ3) is 5.17. The normalized spacial score (nSPS) is 12.0. The number of amides is 1. The highest BCUT2D eigenvalue weighted by atomic mass is 19.1. The summed E-state index contributed by atoms with van der Waals surface area (Å²) in [4.78, 5) is 11.5. The highest BCUT2D eigenvalue weighted by Gasteiger charge is 2.10. The van der Waals surface area contributed by atoms with Gasteiger partial charge >= 0.3 is 0 Å². The van der Waals surface area contributed by atoms with Gasteiger partial charge in [0.1, 0.15) is 11.6 Å². The van der Waals surface area contributed by atoms with Crippen LogP contribution < -0.4 is 15.4 Å². The Bertz CT molecular complexity index is 438. The molecule has 20 heavy (non-hydrogen) atoms. The van der Waals surface area contributed by atoms with E-state index in [2.05, 4.69) is 17.6 Å². The first-order valence-electron chi connectivity index (χ1n) is 6.94. The van der Waals surface area contributed by atoms with Gasteiger partial charge in [-0.05, 0) is 26.5 Å². The lowest BCUT2D eigenvalue weighted by Gasteiger charge is -2.13. The number of hydrogen-bond donors (Lipinski definition) is 2. The van der Waals surface area contributed by atoms with Gasteiger partial charge in [-0.2, -0.15) is 0 Å². The molecule has 0 aromatic heterocycles. The standard InChI is InChI=1S/C15H23FN2O2/c1-4-5-8-18-15(19)10-20-12-6-7-13(11(2)17-3)14(16)9-12/h6-7,9,11,17H,4-5,8,10H2,1-3H3,(H,18,19). The van der Waals surface area contributed by atoms with Crippen LogP contribution in [0.1, 0.15) is 38.3 Å². The Balaban J connectivity index is 2.49. The molecule has 1 amide bonds. The van der Waals surface area contributed by atoms with E-state index in [1.54, 1.807) is 19.2 Å². The summed E-state index contributed by atoms with van der Waals surface area (Å²) < 4.78 is 19.1. The first-order chi connectivity index (χ1) is 9.58. The molecule has 0 saturated heterocycles. The summed E-state index contributed by atoms with van der Waals surface area (Å²) in [5, 5.41) is 5.71. The van der Waals surface area contributed by atoms with Gasteiger partial charge in [-0.1, -0.05) is 19.4 Å². The van der Waals surface area contributed by atoms with E-state index in [1.165, 1.54) is 6.07 Å². The van der Waals surface area contributed by atoms with Crippen LogP contribution in [0.15, 0.2) is 18.2 Å². The van der Waals surface area contributed by atoms with Crippen molar-refractivity contribution in [1.29, 1.82) is 0 Å². The number of rotatable bonds is 8. The molecule has 1 aromatic rings. The van der Waals surface area contributed by atoms with Gasteiger partial charge < -0.3 is 15.4 Å². The Kier molecular flexibility index (Phi) is 7.01. The van der Waals surface area contributed by atoms with Crippen LogP contribution in [0.3, 0.4) is 0 Å². The molecule has 0 fully saturated rings. The summed E-state index contributed by atoms with van der Waals surface area (Å²) in [7, 11) is 1.77. The number of ether oxygens (including phenoxy) is 1. The highest BCUT2D eigenvalue weighted by Crippen LogP contribution is 2.21. The lowest BCUT2D eigenvalue weighted by Crippen LogP contribution is -2.29. The number of unbranched alkanes of at least 4 members (excludes halogenated alkanes) is 1. The fourth-order valence-electron chi connectivity index (χ4n) is 1.71. The van der Waals surface area contributed by atoms with Gasteiger partial charge in [0, 0.05) is 24.2 Å². The molecule has 4 nitrogen and oxygen atoms in total. The van der Waals surface area contributed by atoms with Crippen molar-refractivity contribution >= 4 is 5.91 Å². The Morgan fingerprint density at radius 1 is 1.45 bits per heavy atom. The molecule has 1 atom stereocenters. The molecule has 0 spiro atoms. The van der Waals surface area contributed by atoms with Gasteiger partial charge in [-0.25, -0.2) is 4.39 Å². The number of carbonyl (C=O) groups excluding carboxylic acids is 1. The van der Waals surface area contributed by atoms with E-state index >= 15 is 0 Å². The number of nitrogens with one attached hydrogen (secondary N) is 2. The minimum absolute atomic E-state index is 0.0682. The minimum Gasteiger partial charge on any atom is -0.484 e. The average molecular weight is 282 g/mol. The Morgan fingerprint density at radius 3 is 2.80 bits per heavy atom. The summed E-state index contributed by atoms with van der Waals surface area (Å²) >= 11 is 0. The lowest BCUT2D eigenvalue weighted by molar-refractivity contribution is -0.123. The van der Waals surface area contributed by atoms with Crippen LogP contribution in [0.5, 0.6) is 5.75 Å². The fourth-order valence-corrected chi connectivity index (χ4v) is 1.71. The van der Waals surface area contributed by atoms with Crippen LogP contribution in [0, 0.1) is 5.82 Å². The molecule has 0 aliphatic carbocycles. The van der Waals surface area contributed by atoms with Crippen molar-refractivity contribution in [3.63, 3.8) is 0 Å². The molecule has 0 radical (unpaired) electrons. The summed E-state index contributed by atoms with van der Waals surface area (Å²) in [5.74, 6) is -0.164. The van der Waals surface area contributed by atoms with Crippen molar-refractivity contribution in [3.8, 4) is 5.75 Å².